The van der Waals surface area contributed by atoms with Gasteiger partial charge in [-0.25, -0.2) is 0 Å². The number of rotatable bonds is 16. The number of hydrogen-bond donors (Lipinski definition) is 4. The van der Waals surface area contributed by atoms with Crippen LogP contribution < -0.4 is 21.3 Å². The first-order valence-electron chi connectivity index (χ1n) is 8.24. The summed E-state index contributed by atoms with van der Waals surface area (Å²) in [5.41, 5.74) is 0. The third-order valence-corrected chi connectivity index (χ3v) is 2.97. The van der Waals surface area contributed by atoms with Crippen molar-refractivity contribution >= 4 is 0 Å². The molecule has 0 spiro atoms. The van der Waals surface area contributed by atoms with E-state index >= 15 is 0 Å². The predicted molar refractivity (Wildman–Crippen MR) is 85.9 cm³/mol. The normalized spacial score (nSPS) is 11.1. The van der Waals surface area contributed by atoms with Gasteiger partial charge in [-0.15, -0.1) is 0 Å². The average molecular weight is 272 g/mol. The molecule has 4 heteroatoms. The minimum absolute atomic E-state index is 1.13. The van der Waals surface area contributed by atoms with E-state index in [1.807, 2.05) is 0 Å². The molecule has 0 aliphatic rings. The fourth-order valence-electron chi connectivity index (χ4n) is 1.87. The van der Waals surface area contributed by atoms with Gasteiger partial charge >= 0.3 is 0 Å². The molecule has 0 saturated heterocycles. The molecule has 0 aromatic rings. The predicted octanol–water partition coefficient (Wildman–Crippen LogP) is 1.34. The maximum absolute atomic E-state index is 3.49. The summed E-state index contributed by atoms with van der Waals surface area (Å²) in [4.78, 5) is 0. The molecule has 0 unspecified atom stereocenters. The Bertz CT molecular complexity index is 137. The summed E-state index contributed by atoms with van der Waals surface area (Å²) in [6, 6.07) is 0. The van der Waals surface area contributed by atoms with Crippen molar-refractivity contribution in [2.24, 2.45) is 0 Å². The molecular weight excluding hydrogens is 236 g/mol. The van der Waals surface area contributed by atoms with E-state index in [4.69, 9.17) is 0 Å². The van der Waals surface area contributed by atoms with Crippen LogP contribution >= 0.6 is 0 Å². The van der Waals surface area contributed by atoms with Crippen molar-refractivity contribution in [3.8, 4) is 0 Å². The highest BCUT2D eigenvalue weighted by molar-refractivity contribution is 4.55. The maximum Gasteiger partial charge on any atom is -0.00368 e. The van der Waals surface area contributed by atoms with Crippen molar-refractivity contribution in [1.82, 2.24) is 21.3 Å². The highest BCUT2D eigenvalue weighted by Gasteiger charge is 1.91. The Balaban J connectivity index is 2.88. The van der Waals surface area contributed by atoms with Gasteiger partial charge < -0.3 is 21.3 Å². The van der Waals surface area contributed by atoms with Gasteiger partial charge in [0.1, 0.15) is 0 Å². The molecule has 0 radical (unpaired) electrons. The molecule has 0 aliphatic carbocycles. The van der Waals surface area contributed by atoms with Crippen LogP contribution in [-0.4, -0.2) is 52.4 Å². The van der Waals surface area contributed by atoms with E-state index in [0.29, 0.717) is 0 Å². The van der Waals surface area contributed by atoms with Crippen molar-refractivity contribution < 1.29 is 0 Å². The third kappa shape index (κ3) is 17.8. The van der Waals surface area contributed by atoms with Crippen LogP contribution in [0.5, 0.6) is 0 Å². The SMILES string of the molecule is CCCNCCCNCCCNCCCNCCC. The van der Waals surface area contributed by atoms with E-state index in [2.05, 4.69) is 35.1 Å². The lowest BCUT2D eigenvalue weighted by Gasteiger charge is -2.07. The average Bonchev–Trinajstić information content (AvgIpc) is 2.43. The molecule has 116 valence electrons. The standard InChI is InChI=1S/C15H36N4/c1-3-8-16-10-5-12-18-14-7-15-19-13-6-11-17-9-4-2/h16-19H,3-15H2,1-2H3. The minimum atomic E-state index is 1.13. The van der Waals surface area contributed by atoms with Gasteiger partial charge in [-0.3, -0.25) is 0 Å². The van der Waals surface area contributed by atoms with Gasteiger partial charge in [-0.05, 0) is 84.5 Å². The fraction of sp³-hybridized carbons (Fsp3) is 1.00. The minimum Gasteiger partial charge on any atom is -0.317 e. The Labute approximate surface area is 120 Å². The highest BCUT2D eigenvalue weighted by atomic mass is 14.9. The zero-order valence-electron chi connectivity index (χ0n) is 13.2. The molecule has 0 atom stereocenters. The monoisotopic (exact) mass is 272 g/mol. The lowest BCUT2D eigenvalue weighted by atomic mass is 10.3. The Morgan fingerprint density at radius 3 is 0.947 bits per heavy atom. The van der Waals surface area contributed by atoms with Gasteiger partial charge in [0.15, 0.2) is 0 Å². The van der Waals surface area contributed by atoms with E-state index in [-0.39, 0.29) is 0 Å². The van der Waals surface area contributed by atoms with E-state index in [9.17, 15) is 0 Å². The summed E-state index contributed by atoms with van der Waals surface area (Å²) < 4.78 is 0. The van der Waals surface area contributed by atoms with E-state index < -0.39 is 0 Å². The Morgan fingerprint density at radius 1 is 0.421 bits per heavy atom. The van der Waals surface area contributed by atoms with Crippen LogP contribution in [0.25, 0.3) is 0 Å². The van der Waals surface area contributed by atoms with E-state index in [1.54, 1.807) is 0 Å². The fourth-order valence-corrected chi connectivity index (χ4v) is 1.87. The molecule has 0 aromatic carbocycles. The molecule has 4 nitrogen and oxygen atoms in total. The van der Waals surface area contributed by atoms with Gasteiger partial charge in [0, 0.05) is 0 Å². The molecule has 0 bridgehead atoms. The smallest absolute Gasteiger partial charge is 0.00368 e. The first-order valence-corrected chi connectivity index (χ1v) is 8.24. The zero-order chi connectivity index (χ0) is 14.0. The second-order valence-corrected chi connectivity index (χ2v) is 5.06. The summed E-state index contributed by atoms with van der Waals surface area (Å²) in [6.45, 7) is 13.5. The van der Waals surface area contributed by atoms with Crippen LogP contribution in [0.15, 0.2) is 0 Å². The van der Waals surface area contributed by atoms with Gasteiger partial charge in [0.25, 0.3) is 0 Å². The maximum atomic E-state index is 3.49. The third-order valence-electron chi connectivity index (χ3n) is 2.97. The van der Waals surface area contributed by atoms with E-state index in [1.165, 1.54) is 32.1 Å². The molecule has 0 aliphatic heterocycles. The van der Waals surface area contributed by atoms with Crippen LogP contribution in [0.4, 0.5) is 0 Å². The Morgan fingerprint density at radius 2 is 0.684 bits per heavy atom. The lowest BCUT2D eigenvalue weighted by molar-refractivity contribution is 0.551. The molecule has 0 rings (SSSR count). The Kier molecular flexibility index (Phi) is 17.7. The molecule has 0 aromatic heterocycles. The second-order valence-electron chi connectivity index (χ2n) is 5.06. The van der Waals surface area contributed by atoms with Gasteiger partial charge in [0.05, 0.1) is 0 Å². The summed E-state index contributed by atoms with van der Waals surface area (Å²) >= 11 is 0. The van der Waals surface area contributed by atoms with Crippen LogP contribution in [0, 0.1) is 0 Å². The van der Waals surface area contributed by atoms with Crippen molar-refractivity contribution in [3.05, 3.63) is 0 Å². The molecule has 0 fully saturated rings. The van der Waals surface area contributed by atoms with Crippen molar-refractivity contribution in [2.45, 2.75) is 46.0 Å². The molecule has 0 heterocycles. The van der Waals surface area contributed by atoms with Gasteiger partial charge in [-0.1, -0.05) is 13.8 Å². The van der Waals surface area contributed by atoms with Crippen LogP contribution in [0.2, 0.25) is 0 Å². The first kappa shape index (κ1) is 18.8. The molecule has 19 heavy (non-hydrogen) atoms. The molecule has 0 saturated carbocycles. The lowest BCUT2D eigenvalue weighted by Crippen LogP contribution is -2.27. The summed E-state index contributed by atoms with van der Waals surface area (Å²) in [5, 5.41) is 13.8. The number of nitrogens with one attached hydrogen (secondary N) is 4. The summed E-state index contributed by atoms with van der Waals surface area (Å²) in [5.74, 6) is 0. The largest absolute Gasteiger partial charge is 0.317 e. The topological polar surface area (TPSA) is 48.1 Å². The zero-order valence-corrected chi connectivity index (χ0v) is 13.2. The summed E-state index contributed by atoms with van der Waals surface area (Å²) in [7, 11) is 0. The van der Waals surface area contributed by atoms with Gasteiger partial charge in [-0.2, -0.15) is 0 Å². The van der Waals surface area contributed by atoms with Crippen molar-refractivity contribution in [3.63, 3.8) is 0 Å². The van der Waals surface area contributed by atoms with Crippen LogP contribution in [0.3, 0.4) is 0 Å². The first-order chi connectivity index (χ1) is 9.41. The van der Waals surface area contributed by atoms with Crippen LogP contribution in [0.1, 0.15) is 46.0 Å². The number of hydrogen-bond acceptors (Lipinski definition) is 4. The Hall–Kier alpha value is -0.160. The molecule has 0 amide bonds. The van der Waals surface area contributed by atoms with Crippen molar-refractivity contribution in [2.75, 3.05) is 52.4 Å². The molecule has 4 N–H and O–H groups in total. The van der Waals surface area contributed by atoms with Crippen molar-refractivity contribution in [1.29, 1.82) is 0 Å². The van der Waals surface area contributed by atoms with E-state index in [0.717, 1.165) is 52.4 Å². The molecular formula is C15H36N4. The highest BCUT2D eigenvalue weighted by Crippen LogP contribution is 1.80. The quantitative estimate of drug-likeness (QED) is 0.320. The van der Waals surface area contributed by atoms with Gasteiger partial charge in [0.2, 0.25) is 0 Å². The summed E-state index contributed by atoms with van der Waals surface area (Å²) in [6.07, 6.45) is 6.15. The second kappa shape index (κ2) is 17.8. The van der Waals surface area contributed by atoms with Crippen LogP contribution in [-0.2, 0) is 0 Å².